The van der Waals surface area contributed by atoms with Gasteiger partial charge in [0.15, 0.2) is 5.11 Å². The number of nitro benzene ring substituents is 1. The molecule has 1 amide bonds. The molecule has 1 heterocycles. The van der Waals surface area contributed by atoms with Crippen LogP contribution in [0.5, 0.6) is 0 Å². The van der Waals surface area contributed by atoms with Crippen LogP contribution < -0.4 is 10.6 Å². The smallest absolute Gasteiger partial charge is 0.269 e. The standard InChI is InChI=1S/C14H13N5O3S2/c1-2-12-17-18-14(24-12)16-13(23)15-11(20)8-5-9-3-6-10(7-4-9)19(21)22/h3-8H,2H2,1H3,(H2,15,16,18,20,23)/b8-5+. The van der Waals surface area contributed by atoms with Gasteiger partial charge in [0.2, 0.25) is 11.0 Å². The van der Waals surface area contributed by atoms with E-state index in [0.717, 1.165) is 11.4 Å². The fourth-order valence-electron chi connectivity index (χ4n) is 1.61. The molecular formula is C14H13N5O3S2. The molecule has 0 bridgehead atoms. The van der Waals surface area contributed by atoms with E-state index >= 15 is 0 Å². The first kappa shape index (κ1) is 17.6. The summed E-state index contributed by atoms with van der Waals surface area (Å²) in [4.78, 5) is 21.9. The molecule has 0 saturated heterocycles. The molecule has 10 heteroatoms. The van der Waals surface area contributed by atoms with Crippen molar-refractivity contribution in [2.75, 3.05) is 5.32 Å². The van der Waals surface area contributed by atoms with Crippen molar-refractivity contribution in [3.05, 3.63) is 51.0 Å². The first-order valence-electron chi connectivity index (χ1n) is 6.85. The number of nitrogens with zero attached hydrogens (tertiary/aromatic N) is 3. The Morgan fingerprint density at radius 3 is 2.67 bits per heavy atom. The zero-order chi connectivity index (χ0) is 17.5. The molecule has 2 N–H and O–H groups in total. The molecule has 0 aliphatic carbocycles. The van der Waals surface area contributed by atoms with E-state index in [0.29, 0.717) is 10.7 Å². The van der Waals surface area contributed by atoms with Crippen molar-refractivity contribution < 1.29 is 9.72 Å². The van der Waals surface area contributed by atoms with Crippen LogP contribution in [0.2, 0.25) is 0 Å². The van der Waals surface area contributed by atoms with Crippen LogP contribution in [0.1, 0.15) is 17.5 Å². The molecule has 0 atom stereocenters. The molecule has 124 valence electrons. The van der Waals surface area contributed by atoms with Crippen LogP contribution in [0.25, 0.3) is 6.08 Å². The largest absolute Gasteiger partial charge is 0.307 e. The minimum absolute atomic E-state index is 0.00881. The molecule has 0 aliphatic rings. The molecule has 1 aromatic carbocycles. The molecule has 24 heavy (non-hydrogen) atoms. The van der Waals surface area contributed by atoms with E-state index in [1.807, 2.05) is 6.92 Å². The van der Waals surface area contributed by atoms with Crippen molar-refractivity contribution >= 4 is 51.5 Å². The summed E-state index contributed by atoms with van der Waals surface area (Å²) in [5.41, 5.74) is 0.650. The number of nitro groups is 1. The number of carbonyl (C=O) groups excluding carboxylic acids is 1. The van der Waals surface area contributed by atoms with Crippen molar-refractivity contribution in [1.29, 1.82) is 0 Å². The third-order valence-electron chi connectivity index (χ3n) is 2.76. The topological polar surface area (TPSA) is 110 Å². The summed E-state index contributed by atoms with van der Waals surface area (Å²) in [7, 11) is 0. The highest BCUT2D eigenvalue weighted by atomic mass is 32.1. The highest BCUT2D eigenvalue weighted by Crippen LogP contribution is 2.15. The number of nitrogens with one attached hydrogen (secondary N) is 2. The summed E-state index contributed by atoms with van der Waals surface area (Å²) in [5, 5.41) is 25.1. The van der Waals surface area contributed by atoms with Gasteiger partial charge in [-0.05, 0) is 42.4 Å². The number of anilines is 1. The van der Waals surface area contributed by atoms with E-state index in [-0.39, 0.29) is 10.8 Å². The van der Waals surface area contributed by atoms with Gasteiger partial charge in [-0.2, -0.15) is 0 Å². The average Bonchev–Trinajstić information content (AvgIpc) is 3.00. The molecular weight excluding hydrogens is 350 g/mol. The Labute approximate surface area is 146 Å². The molecule has 8 nitrogen and oxygen atoms in total. The fraction of sp³-hybridized carbons (Fsp3) is 0.143. The van der Waals surface area contributed by atoms with Crippen LogP contribution in [-0.4, -0.2) is 26.1 Å². The van der Waals surface area contributed by atoms with E-state index in [1.54, 1.807) is 12.1 Å². The summed E-state index contributed by atoms with van der Waals surface area (Å²) < 4.78 is 0. The number of aromatic nitrogens is 2. The lowest BCUT2D eigenvalue weighted by Crippen LogP contribution is -2.32. The highest BCUT2D eigenvalue weighted by Gasteiger charge is 2.06. The molecule has 0 saturated carbocycles. The van der Waals surface area contributed by atoms with Gasteiger partial charge >= 0.3 is 0 Å². The number of hydrogen-bond donors (Lipinski definition) is 2. The lowest BCUT2D eigenvalue weighted by molar-refractivity contribution is -0.384. The number of non-ortho nitro benzene ring substituents is 1. The van der Waals surface area contributed by atoms with Crippen molar-refractivity contribution in [2.45, 2.75) is 13.3 Å². The Kier molecular flexibility index (Phi) is 6.04. The third-order valence-corrected chi connectivity index (χ3v) is 3.94. The first-order valence-corrected chi connectivity index (χ1v) is 8.07. The van der Waals surface area contributed by atoms with Gasteiger partial charge in [-0.15, -0.1) is 10.2 Å². The van der Waals surface area contributed by atoms with Gasteiger partial charge in [0.05, 0.1) is 4.92 Å². The molecule has 2 rings (SSSR count). The molecule has 0 unspecified atom stereocenters. The Balaban J connectivity index is 1.87. The monoisotopic (exact) mass is 363 g/mol. The van der Waals surface area contributed by atoms with Crippen LogP contribution in [0, 0.1) is 10.1 Å². The number of rotatable bonds is 5. The Hall–Kier alpha value is -2.72. The van der Waals surface area contributed by atoms with Crippen LogP contribution in [0.15, 0.2) is 30.3 Å². The van der Waals surface area contributed by atoms with Crippen LogP contribution in [0.3, 0.4) is 0 Å². The number of aryl methyl sites for hydroxylation is 1. The van der Waals surface area contributed by atoms with Crippen molar-refractivity contribution in [3.8, 4) is 0 Å². The summed E-state index contributed by atoms with van der Waals surface area (Å²) in [5.74, 6) is -0.425. The second-order valence-corrected chi connectivity index (χ2v) is 5.95. The van der Waals surface area contributed by atoms with Crippen LogP contribution in [-0.2, 0) is 11.2 Å². The number of thiocarbonyl (C=S) groups is 1. The van der Waals surface area contributed by atoms with Crippen LogP contribution in [0.4, 0.5) is 10.8 Å². The van der Waals surface area contributed by atoms with Gasteiger partial charge in [0.1, 0.15) is 5.01 Å². The maximum absolute atomic E-state index is 11.8. The zero-order valence-corrected chi connectivity index (χ0v) is 14.2. The third kappa shape index (κ3) is 5.18. The highest BCUT2D eigenvalue weighted by molar-refractivity contribution is 7.80. The Bertz CT molecular complexity index is 786. The van der Waals surface area contributed by atoms with Gasteiger partial charge in [-0.1, -0.05) is 18.3 Å². The molecule has 0 aliphatic heterocycles. The van der Waals surface area contributed by atoms with Gasteiger partial charge in [0, 0.05) is 18.2 Å². The normalized spacial score (nSPS) is 10.5. The molecule has 0 spiro atoms. The quantitative estimate of drug-likeness (QED) is 0.363. The maximum Gasteiger partial charge on any atom is 0.269 e. The van der Waals surface area contributed by atoms with Gasteiger partial charge < -0.3 is 5.32 Å². The molecule has 1 aromatic heterocycles. The van der Waals surface area contributed by atoms with Gasteiger partial charge in [-0.25, -0.2) is 0 Å². The SMILES string of the molecule is CCc1nnc(NC(=S)NC(=O)/C=C/c2ccc([N+](=O)[O-])cc2)s1. The van der Waals surface area contributed by atoms with E-state index in [1.165, 1.54) is 35.6 Å². The predicted molar refractivity (Wildman–Crippen MR) is 95.8 cm³/mol. The minimum Gasteiger partial charge on any atom is -0.307 e. The number of amides is 1. The van der Waals surface area contributed by atoms with Gasteiger partial charge in [0.25, 0.3) is 5.69 Å². The molecule has 0 fully saturated rings. The van der Waals surface area contributed by atoms with E-state index in [4.69, 9.17) is 12.2 Å². The van der Waals surface area contributed by atoms with Crippen molar-refractivity contribution in [3.63, 3.8) is 0 Å². The Morgan fingerprint density at radius 2 is 2.08 bits per heavy atom. The Morgan fingerprint density at radius 1 is 1.38 bits per heavy atom. The minimum atomic E-state index is -0.484. The lowest BCUT2D eigenvalue weighted by atomic mass is 10.2. The van der Waals surface area contributed by atoms with E-state index < -0.39 is 10.8 Å². The first-order chi connectivity index (χ1) is 11.5. The van der Waals surface area contributed by atoms with Gasteiger partial charge in [-0.3, -0.25) is 20.2 Å². The van der Waals surface area contributed by atoms with Crippen molar-refractivity contribution in [2.24, 2.45) is 0 Å². The summed E-state index contributed by atoms with van der Waals surface area (Å²) in [6, 6.07) is 5.83. The van der Waals surface area contributed by atoms with E-state index in [9.17, 15) is 14.9 Å². The number of carbonyl (C=O) groups is 1. The second-order valence-electron chi connectivity index (χ2n) is 4.48. The zero-order valence-electron chi connectivity index (χ0n) is 12.6. The molecule has 0 radical (unpaired) electrons. The fourth-order valence-corrected chi connectivity index (χ4v) is 2.55. The van der Waals surface area contributed by atoms with Crippen molar-refractivity contribution in [1.82, 2.24) is 15.5 Å². The maximum atomic E-state index is 11.8. The number of hydrogen-bond acceptors (Lipinski definition) is 7. The number of benzene rings is 1. The summed E-state index contributed by atoms with van der Waals surface area (Å²) >= 11 is 6.38. The van der Waals surface area contributed by atoms with E-state index in [2.05, 4.69) is 20.8 Å². The molecule has 2 aromatic rings. The summed E-state index contributed by atoms with van der Waals surface area (Å²) in [6.07, 6.45) is 3.59. The lowest BCUT2D eigenvalue weighted by Gasteiger charge is -2.03. The summed E-state index contributed by atoms with van der Waals surface area (Å²) in [6.45, 7) is 1.97. The van der Waals surface area contributed by atoms with Crippen LogP contribution >= 0.6 is 23.6 Å². The predicted octanol–water partition coefficient (Wildman–Crippen LogP) is 2.54. The second kappa shape index (κ2) is 8.22. The average molecular weight is 363 g/mol.